The summed E-state index contributed by atoms with van der Waals surface area (Å²) >= 11 is 0. The van der Waals surface area contributed by atoms with Crippen LogP contribution in [0.2, 0.25) is 0 Å². The summed E-state index contributed by atoms with van der Waals surface area (Å²) in [6.07, 6.45) is 1.80. The number of pyridine rings is 1. The Morgan fingerprint density at radius 3 is 2.86 bits per heavy atom. The van der Waals surface area contributed by atoms with Crippen molar-refractivity contribution >= 4 is 17.7 Å². The summed E-state index contributed by atoms with van der Waals surface area (Å²) < 4.78 is 11.4. The summed E-state index contributed by atoms with van der Waals surface area (Å²) in [5, 5.41) is 4.36. The molecule has 1 N–H and O–H groups in total. The van der Waals surface area contributed by atoms with Crippen molar-refractivity contribution in [2.24, 2.45) is 5.10 Å². The maximum atomic E-state index is 5.93. The second kappa shape index (κ2) is 10.8. The number of morpholine rings is 1. The van der Waals surface area contributed by atoms with Crippen LogP contribution < -0.4 is 15.1 Å². The number of ether oxygens (including phenoxy) is 2. The summed E-state index contributed by atoms with van der Waals surface area (Å²) in [6, 6.07) is 12.2. The third kappa shape index (κ3) is 6.73. The van der Waals surface area contributed by atoms with Crippen LogP contribution in [0.3, 0.4) is 0 Å². The molecule has 1 aromatic heterocycles. The molecule has 1 fully saturated rings. The van der Waals surface area contributed by atoms with Crippen molar-refractivity contribution < 1.29 is 9.47 Å². The molecule has 2 aromatic rings. The van der Waals surface area contributed by atoms with Gasteiger partial charge in [-0.25, -0.2) is 0 Å². The van der Waals surface area contributed by atoms with E-state index in [0.29, 0.717) is 18.3 Å². The molecule has 3 rings (SSSR count). The summed E-state index contributed by atoms with van der Waals surface area (Å²) in [5.41, 5.74) is 6.36. The van der Waals surface area contributed by atoms with Gasteiger partial charge in [0.2, 0.25) is 5.88 Å². The van der Waals surface area contributed by atoms with Gasteiger partial charge in [0.05, 0.1) is 19.4 Å². The number of hydrogen-bond donors (Lipinski definition) is 1. The molecule has 7 nitrogen and oxygen atoms in total. The van der Waals surface area contributed by atoms with Crippen molar-refractivity contribution in [3.63, 3.8) is 0 Å². The Morgan fingerprint density at radius 1 is 1.28 bits per heavy atom. The first-order chi connectivity index (χ1) is 14.1. The number of nitrogens with one attached hydrogen (secondary N) is 1. The largest absolute Gasteiger partial charge is 0.476 e. The van der Waals surface area contributed by atoms with Crippen molar-refractivity contribution in [3.05, 3.63) is 47.5 Å². The third-order valence-corrected chi connectivity index (χ3v) is 4.86. The van der Waals surface area contributed by atoms with Gasteiger partial charge in [0, 0.05) is 37.5 Å². The van der Waals surface area contributed by atoms with Crippen LogP contribution >= 0.6 is 0 Å². The quantitative estimate of drug-likeness (QED) is 0.518. The van der Waals surface area contributed by atoms with E-state index in [-0.39, 0.29) is 0 Å². The highest BCUT2D eigenvalue weighted by Gasteiger charge is 2.14. The highest BCUT2D eigenvalue weighted by molar-refractivity contribution is 5.80. The molecule has 1 aliphatic heterocycles. The number of rotatable bonds is 9. The minimum absolute atomic E-state index is 0.593. The van der Waals surface area contributed by atoms with Gasteiger partial charge in [-0.1, -0.05) is 36.8 Å². The molecule has 0 saturated carbocycles. The van der Waals surface area contributed by atoms with Crippen molar-refractivity contribution in [3.8, 4) is 5.88 Å². The number of benzene rings is 1. The van der Waals surface area contributed by atoms with E-state index in [1.807, 2.05) is 24.3 Å². The van der Waals surface area contributed by atoms with Crippen LogP contribution in [0.25, 0.3) is 0 Å². The van der Waals surface area contributed by atoms with Crippen molar-refractivity contribution in [1.29, 1.82) is 0 Å². The Balaban J connectivity index is 1.72. The van der Waals surface area contributed by atoms with Crippen molar-refractivity contribution in [1.82, 2.24) is 9.88 Å². The molecule has 0 spiro atoms. The number of aryl methyl sites for hydroxylation is 1. The molecule has 7 heteroatoms. The lowest BCUT2D eigenvalue weighted by Gasteiger charge is -2.29. The van der Waals surface area contributed by atoms with Gasteiger partial charge in [-0.2, -0.15) is 10.1 Å². The van der Waals surface area contributed by atoms with E-state index in [2.05, 4.69) is 58.3 Å². The lowest BCUT2D eigenvalue weighted by atomic mass is 10.2. The number of aromatic nitrogens is 1. The number of anilines is 2. The summed E-state index contributed by atoms with van der Waals surface area (Å²) in [7, 11) is 2.08. The van der Waals surface area contributed by atoms with E-state index in [9.17, 15) is 0 Å². The van der Waals surface area contributed by atoms with Gasteiger partial charge in [0.25, 0.3) is 0 Å². The van der Waals surface area contributed by atoms with Crippen LogP contribution in [0.15, 0.2) is 41.5 Å². The minimum Gasteiger partial charge on any atom is -0.476 e. The molecular formula is C22H31N5O2. The minimum atomic E-state index is 0.593. The highest BCUT2D eigenvalue weighted by atomic mass is 16.5. The van der Waals surface area contributed by atoms with E-state index in [0.717, 1.165) is 50.6 Å². The number of nitrogens with zero attached hydrogens (tertiary/aromatic N) is 4. The molecule has 29 heavy (non-hydrogen) atoms. The zero-order valence-corrected chi connectivity index (χ0v) is 17.6. The van der Waals surface area contributed by atoms with Crippen molar-refractivity contribution in [2.75, 3.05) is 63.4 Å². The van der Waals surface area contributed by atoms with Gasteiger partial charge < -0.3 is 19.3 Å². The van der Waals surface area contributed by atoms with E-state index in [1.165, 1.54) is 5.56 Å². The van der Waals surface area contributed by atoms with Gasteiger partial charge in [-0.3, -0.25) is 5.43 Å². The van der Waals surface area contributed by atoms with Crippen LogP contribution in [-0.4, -0.2) is 69.1 Å². The maximum absolute atomic E-state index is 5.93. The van der Waals surface area contributed by atoms with Crippen LogP contribution in [0.5, 0.6) is 5.88 Å². The predicted molar refractivity (Wildman–Crippen MR) is 118 cm³/mol. The SMILES string of the molecule is CCN(C)CCOc1cc(N2CCOCC2)cc(N/N=C/c2cccc(C)c2)n1. The van der Waals surface area contributed by atoms with Crippen LogP contribution in [0.1, 0.15) is 18.1 Å². The van der Waals surface area contributed by atoms with Crippen LogP contribution in [-0.2, 0) is 4.74 Å². The van der Waals surface area contributed by atoms with Crippen LogP contribution in [0.4, 0.5) is 11.5 Å². The molecule has 0 aliphatic carbocycles. The summed E-state index contributed by atoms with van der Waals surface area (Å²) in [6.45, 7) is 9.81. The molecule has 156 valence electrons. The topological polar surface area (TPSA) is 62.2 Å². The van der Waals surface area contributed by atoms with Gasteiger partial charge in [0.1, 0.15) is 6.61 Å². The zero-order chi connectivity index (χ0) is 20.5. The smallest absolute Gasteiger partial charge is 0.217 e. The fourth-order valence-corrected chi connectivity index (χ4v) is 3.01. The number of hydrazone groups is 1. The molecule has 1 aromatic carbocycles. The fraction of sp³-hybridized carbons (Fsp3) is 0.455. The van der Waals surface area contributed by atoms with Crippen LogP contribution in [0, 0.1) is 6.92 Å². The molecule has 0 unspecified atom stereocenters. The summed E-state index contributed by atoms with van der Waals surface area (Å²) in [4.78, 5) is 9.07. The first-order valence-electron chi connectivity index (χ1n) is 10.2. The Kier molecular flexibility index (Phi) is 7.84. The van der Waals surface area contributed by atoms with Gasteiger partial charge in [0.15, 0.2) is 5.82 Å². The van der Waals surface area contributed by atoms with Gasteiger partial charge in [-0.05, 0) is 26.1 Å². The first-order valence-corrected chi connectivity index (χ1v) is 10.2. The predicted octanol–water partition coefficient (Wildman–Crippen LogP) is 3.00. The monoisotopic (exact) mass is 397 g/mol. The number of hydrogen-bond acceptors (Lipinski definition) is 7. The molecule has 0 amide bonds. The molecule has 2 heterocycles. The third-order valence-electron chi connectivity index (χ3n) is 4.86. The molecular weight excluding hydrogens is 366 g/mol. The van der Waals surface area contributed by atoms with E-state index in [4.69, 9.17) is 9.47 Å². The Bertz CT molecular complexity index is 806. The molecule has 0 radical (unpaired) electrons. The molecule has 1 aliphatic rings. The Hall–Kier alpha value is -2.64. The normalized spacial score (nSPS) is 14.6. The molecule has 1 saturated heterocycles. The Morgan fingerprint density at radius 2 is 2.10 bits per heavy atom. The van der Waals surface area contributed by atoms with E-state index < -0.39 is 0 Å². The average Bonchev–Trinajstić information content (AvgIpc) is 2.74. The number of likely N-dealkylation sites (N-methyl/N-ethyl adjacent to an activating group) is 1. The zero-order valence-electron chi connectivity index (χ0n) is 17.6. The lowest BCUT2D eigenvalue weighted by molar-refractivity contribution is 0.122. The molecule has 0 atom stereocenters. The van der Waals surface area contributed by atoms with Gasteiger partial charge >= 0.3 is 0 Å². The van der Waals surface area contributed by atoms with E-state index in [1.54, 1.807) is 6.21 Å². The second-order valence-corrected chi connectivity index (χ2v) is 7.18. The van der Waals surface area contributed by atoms with E-state index >= 15 is 0 Å². The lowest BCUT2D eigenvalue weighted by Crippen LogP contribution is -2.36. The maximum Gasteiger partial charge on any atom is 0.217 e. The highest BCUT2D eigenvalue weighted by Crippen LogP contribution is 2.24. The standard InChI is InChI=1S/C22H31N5O2/c1-4-26(3)8-13-29-22-16-20(27-9-11-28-12-10-27)15-21(24-22)25-23-17-19-7-5-6-18(2)14-19/h5-7,14-17H,4,8-13H2,1-3H3,(H,24,25)/b23-17+. The second-order valence-electron chi connectivity index (χ2n) is 7.18. The Labute approximate surface area is 173 Å². The van der Waals surface area contributed by atoms with Gasteiger partial charge in [-0.15, -0.1) is 0 Å². The fourth-order valence-electron chi connectivity index (χ4n) is 3.01. The van der Waals surface area contributed by atoms with Crippen molar-refractivity contribution in [2.45, 2.75) is 13.8 Å². The summed E-state index contributed by atoms with van der Waals surface area (Å²) in [5.74, 6) is 1.27. The average molecular weight is 398 g/mol. The molecule has 0 bridgehead atoms. The first kappa shape index (κ1) is 21.1.